The Kier molecular flexibility index (Phi) is 5.49. The van der Waals surface area contributed by atoms with Crippen LogP contribution >= 0.6 is 24.4 Å². The van der Waals surface area contributed by atoms with Gasteiger partial charge in [0.25, 0.3) is 0 Å². The molecule has 2 fully saturated rings. The third-order valence-electron chi connectivity index (χ3n) is 5.00. The summed E-state index contributed by atoms with van der Waals surface area (Å²) < 4.78 is 0. The summed E-state index contributed by atoms with van der Waals surface area (Å²) in [6.07, 6.45) is 5.03. The molecule has 0 aromatic heterocycles. The van der Waals surface area contributed by atoms with Gasteiger partial charge in [-0.3, -0.25) is 30.5 Å². The van der Waals surface area contributed by atoms with E-state index >= 15 is 0 Å². The van der Waals surface area contributed by atoms with Crippen LogP contribution in [0.15, 0.2) is 0 Å². The molecule has 2 aliphatic carbocycles. The largest absolute Gasteiger partial charge is 0.281 e. The van der Waals surface area contributed by atoms with Crippen LogP contribution in [0.3, 0.4) is 0 Å². The van der Waals surface area contributed by atoms with E-state index in [2.05, 4.69) is 24.7 Å². The van der Waals surface area contributed by atoms with Gasteiger partial charge in [0.15, 0.2) is 0 Å². The van der Waals surface area contributed by atoms with E-state index < -0.39 is 11.8 Å². The number of hydrogen-bond acceptors (Lipinski definition) is 4. The van der Waals surface area contributed by atoms with E-state index in [1.165, 1.54) is 0 Å². The summed E-state index contributed by atoms with van der Waals surface area (Å²) >= 11 is 10.8. The predicted molar refractivity (Wildman–Crippen MR) is 101 cm³/mol. The maximum atomic E-state index is 12.0. The van der Waals surface area contributed by atoms with Crippen molar-refractivity contribution in [2.75, 3.05) is 14.1 Å². The van der Waals surface area contributed by atoms with Crippen LogP contribution < -0.4 is 10.9 Å². The van der Waals surface area contributed by atoms with Crippen molar-refractivity contribution in [2.24, 2.45) is 10.8 Å². The highest BCUT2D eigenvalue weighted by Crippen LogP contribution is 2.46. The molecule has 0 aromatic carbocycles. The molecule has 6 nitrogen and oxygen atoms in total. The van der Waals surface area contributed by atoms with Gasteiger partial charge in [-0.05, 0) is 25.7 Å². The van der Waals surface area contributed by atoms with Gasteiger partial charge in [-0.15, -0.1) is 0 Å². The van der Waals surface area contributed by atoms with E-state index in [0.29, 0.717) is 9.98 Å². The van der Waals surface area contributed by atoms with Crippen molar-refractivity contribution < 1.29 is 9.59 Å². The molecule has 0 radical (unpaired) electrons. The zero-order chi connectivity index (χ0) is 18.1. The Morgan fingerprint density at radius 2 is 1.25 bits per heavy atom. The van der Waals surface area contributed by atoms with Gasteiger partial charge >= 0.3 is 0 Å². The second-order valence-corrected chi connectivity index (χ2v) is 8.22. The molecular formula is C16H26N4O2S2. The zero-order valence-electron chi connectivity index (χ0n) is 14.8. The number of thiocarbonyl (C=S) groups is 2. The molecule has 0 spiro atoms. The van der Waals surface area contributed by atoms with Gasteiger partial charge in [0, 0.05) is 24.9 Å². The molecule has 0 unspecified atom stereocenters. The Bertz CT molecular complexity index is 570. The predicted octanol–water partition coefficient (Wildman–Crippen LogP) is 1.95. The third-order valence-corrected chi connectivity index (χ3v) is 6.54. The second-order valence-electron chi connectivity index (χ2n) is 7.45. The van der Waals surface area contributed by atoms with Crippen LogP contribution in [0, 0.1) is 10.8 Å². The first-order chi connectivity index (χ1) is 11.1. The molecular weight excluding hydrogens is 344 g/mol. The number of nitrogens with one attached hydrogen (secondary N) is 2. The summed E-state index contributed by atoms with van der Waals surface area (Å²) in [6, 6.07) is 0. The highest BCUT2D eigenvalue weighted by Gasteiger charge is 2.43. The Morgan fingerprint density at radius 1 is 0.875 bits per heavy atom. The summed E-state index contributed by atoms with van der Waals surface area (Å²) in [6.45, 7) is 4.17. The summed E-state index contributed by atoms with van der Waals surface area (Å²) in [5.74, 6) is -0.784. The molecule has 0 saturated heterocycles. The van der Waals surface area contributed by atoms with E-state index in [1.807, 2.05) is 0 Å². The number of amides is 2. The number of carbonyl (C=O) groups is 2. The molecule has 0 heterocycles. The molecule has 2 aliphatic rings. The van der Waals surface area contributed by atoms with Crippen LogP contribution in [0.1, 0.15) is 52.4 Å². The van der Waals surface area contributed by atoms with Crippen LogP contribution in [-0.4, -0.2) is 45.9 Å². The summed E-state index contributed by atoms with van der Waals surface area (Å²) in [4.78, 5) is 25.5. The fraction of sp³-hybridized carbons (Fsp3) is 0.750. The standard InChI is InChI=1S/C16H26N4O2S2/c1-15(6-5-7-15)13(23)19(3)17-11(21)10-12(22)18-20(4)14(24)16(2)8-9-16/h5-10H2,1-4H3,(H,17,21)(H,18,22). The summed E-state index contributed by atoms with van der Waals surface area (Å²) in [7, 11) is 3.43. The Labute approximate surface area is 154 Å². The molecule has 2 N–H and O–H groups in total. The molecule has 134 valence electrons. The average Bonchev–Trinajstić information content (AvgIpc) is 3.21. The lowest BCUT2D eigenvalue weighted by molar-refractivity contribution is -0.132. The number of carbonyl (C=O) groups excluding carboxylic acids is 2. The molecule has 24 heavy (non-hydrogen) atoms. The number of rotatable bonds is 4. The Balaban J connectivity index is 1.76. The molecule has 0 aliphatic heterocycles. The topological polar surface area (TPSA) is 64.7 Å². The maximum absolute atomic E-state index is 12.0. The van der Waals surface area contributed by atoms with Gasteiger partial charge in [0.05, 0.1) is 0 Å². The fourth-order valence-electron chi connectivity index (χ4n) is 2.83. The van der Waals surface area contributed by atoms with E-state index in [1.54, 1.807) is 24.1 Å². The minimum Gasteiger partial charge on any atom is -0.281 e. The van der Waals surface area contributed by atoms with E-state index in [0.717, 1.165) is 32.1 Å². The Morgan fingerprint density at radius 3 is 1.54 bits per heavy atom. The first-order valence-electron chi connectivity index (χ1n) is 8.23. The molecule has 2 rings (SSSR count). The normalized spacial score (nSPS) is 19.5. The monoisotopic (exact) mass is 370 g/mol. The molecule has 0 aromatic rings. The van der Waals surface area contributed by atoms with Gasteiger partial charge < -0.3 is 0 Å². The maximum Gasteiger partial charge on any atom is 0.248 e. The van der Waals surface area contributed by atoms with Gasteiger partial charge in [0.1, 0.15) is 16.4 Å². The van der Waals surface area contributed by atoms with E-state index in [4.69, 9.17) is 24.4 Å². The highest BCUT2D eigenvalue weighted by molar-refractivity contribution is 7.80. The number of hydrazine groups is 2. The molecule has 2 amide bonds. The van der Waals surface area contributed by atoms with Gasteiger partial charge in [-0.2, -0.15) is 0 Å². The minimum atomic E-state index is -0.393. The third kappa shape index (κ3) is 4.22. The van der Waals surface area contributed by atoms with Crippen molar-refractivity contribution >= 4 is 46.2 Å². The van der Waals surface area contributed by atoms with E-state index in [-0.39, 0.29) is 17.3 Å². The van der Waals surface area contributed by atoms with Crippen LogP contribution in [0.5, 0.6) is 0 Å². The smallest absolute Gasteiger partial charge is 0.248 e. The van der Waals surface area contributed by atoms with Crippen LogP contribution in [0.25, 0.3) is 0 Å². The SMILES string of the molecule is CN(NC(=O)CC(=O)NN(C)C(=S)C1(C)CC1)C(=S)C1(C)CCC1. The van der Waals surface area contributed by atoms with Gasteiger partial charge in [-0.25, -0.2) is 0 Å². The summed E-state index contributed by atoms with van der Waals surface area (Å²) in [5, 5.41) is 3.10. The molecule has 2 saturated carbocycles. The van der Waals surface area contributed by atoms with Crippen LogP contribution in [-0.2, 0) is 9.59 Å². The first-order valence-corrected chi connectivity index (χ1v) is 9.04. The van der Waals surface area contributed by atoms with E-state index in [9.17, 15) is 9.59 Å². The highest BCUT2D eigenvalue weighted by atomic mass is 32.1. The molecule has 0 atom stereocenters. The van der Waals surface area contributed by atoms with Gasteiger partial charge in [-0.1, -0.05) is 44.7 Å². The lowest BCUT2D eigenvalue weighted by atomic mass is 9.70. The van der Waals surface area contributed by atoms with Crippen LogP contribution in [0.2, 0.25) is 0 Å². The minimum absolute atomic E-state index is 0.00421. The summed E-state index contributed by atoms with van der Waals surface area (Å²) in [5.41, 5.74) is 5.31. The Hall–Kier alpha value is -1.28. The zero-order valence-corrected chi connectivity index (χ0v) is 16.4. The van der Waals surface area contributed by atoms with Crippen molar-refractivity contribution in [3.8, 4) is 0 Å². The van der Waals surface area contributed by atoms with Crippen molar-refractivity contribution in [1.82, 2.24) is 20.9 Å². The van der Waals surface area contributed by atoms with Gasteiger partial charge in [0.2, 0.25) is 11.8 Å². The second kappa shape index (κ2) is 6.92. The quantitative estimate of drug-likeness (QED) is 0.448. The number of hydrogen-bond donors (Lipinski definition) is 2. The molecule has 8 heteroatoms. The average molecular weight is 371 g/mol. The first kappa shape index (κ1) is 19.1. The molecule has 0 bridgehead atoms. The lowest BCUT2D eigenvalue weighted by Gasteiger charge is -2.42. The lowest BCUT2D eigenvalue weighted by Crippen LogP contribution is -2.52. The van der Waals surface area contributed by atoms with Crippen molar-refractivity contribution in [3.05, 3.63) is 0 Å². The number of nitrogens with zero attached hydrogens (tertiary/aromatic N) is 2. The van der Waals surface area contributed by atoms with Crippen molar-refractivity contribution in [1.29, 1.82) is 0 Å². The fourth-order valence-corrected chi connectivity index (χ4v) is 3.33. The van der Waals surface area contributed by atoms with Crippen molar-refractivity contribution in [2.45, 2.75) is 52.4 Å². The van der Waals surface area contributed by atoms with Crippen molar-refractivity contribution in [3.63, 3.8) is 0 Å². The van der Waals surface area contributed by atoms with Crippen LogP contribution in [0.4, 0.5) is 0 Å².